The summed E-state index contributed by atoms with van der Waals surface area (Å²) < 4.78 is 31.1. The van der Waals surface area contributed by atoms with E-state index < -0.39 is 12.5 Å². The highest BCUT2D eigenvalue weighted by Gasteiger charge is 2.36. The summed E-state index contributed by atoms with van der Waals surface area (Å²) in [5.74, 6) is -0.619. The Morgan fingerprint density at radius 2 is 2.12 bits per heavy atom. The van der Waals surface area contributed by atoms with E-state index in [1.165, 1.54) is 18.2 Å². The molecule has 3 rings (SSSR count). The van der Waals surface area contributed by atoms with Gasteiger partial charge in [0.25, 0.3) is 5.91 Å². The van der Waals surface area contributed by atoms with Crippen LogP contribution in [0.2, 0.25) is 0 Å². The monoisotopic (exact) mass is 351 g/mol. The first-order chi connectivity index (χ1) is 11.9. The molecule has 0 bridgehead atoms. The van der Waals surface area contributed by atoms with E-state index in [2.05, 4.69) is 15.2 Å². The number of rotatable bonds is 6. The van der Waals surface area contributed by atoms with Gasteiger partial charge < -0.3 is 15.2 Å². The minimum absolute atomic E-state index is 0.0385. The Morgan fingerprint density at radius 3 is 2.72 bits per heavy atom. The van der Waals surface area contributed by atoms with Crippen LogP contribution >= 0.6 is 0 Å². The van der Waals surface area contributed by atoms with Gasteiger partial charge in [-0.15, -0.1) is 0 Å². The number of aromatic nitrogens is 2. The van der Waals surface area contributed by atoms with Gasteiger partial charge in [0, 0.05) is 18.8 Å². The van der Waals surface area contributed by atoms with E-state index in [1.54, 1.807) is 30.2 Å². The van der Waals surface area contributed by atoms with E-state index in [1.807, 2.05) is 0 Å². The number of carbonyl (C=O) groups excluding carboxylic acids is 1. The molecule has 1 aliphatic rings. The first-order valence-electron chi connectivity index (χ1n) is 7.95. The Hall–Kier alpha value is -2.48. The number of aliphatic hydroxyl groups is 1. The van der Waals surface area contributed by atoms with E-state index >= 15 is 0 Å². The summed E-state index contributed by atoms with van der Waals surface area (Å²) in [5.41, 5.74) is 0.844. The molecule has 8 heteroatoms. The third-order valence-corrected chi connectivity index (χ3v) is 4.34. The van der Waals surface area contributed by atoms with Crippen molar-refractivity contribution in [3.63, 3.8) is 0 Å². The Labute approximate surface area is 143 Å². The Kier molecular flexibility index (Phi) is 4.98. The molecule has 6 nitrogen and oxygen atoms in total. The highest BCUT2D eigenvalue weighted by atomic mass is 19.3. The maximum Gasteiger partial charge on any atom is 0.387 e. The number of halogens is 2. The Morgan fingerprint density at radius 1 is 1.40 bits per heavy atom. The summed E-state index contributed by atoms with van der Waals surface area (Å²) in [6.45, 7) is -3.01. The molecule has 1 aliphatic carbocycles. The molecule has 25 heavy (non-hydrogen) atoms. The predicted octanol–water partition coefficient (Wildman–Crippen LogP) is 2.26. The molecule has 1 heterocycles. The molecule has 1 amide bonds. The molecule has 1 aromatic carbocycles. The van der Waals surface area contributed by atoms with Crippen LogP contribution in [0.4, 0.5) is 8.78 Å². The molecule has 0 spiro atoms. The Bertz CT molecular complexity index is 744. The van der Waals surface area contributed by atoms with Gasteiger partial charge >= 0.3 is 6.61 Å². The average Bonchev–Trinajstić information content (AvgIpc) is 2.96. The van der Waals surface area contributed by atoms with Crippen molar-refractivity contribution in [3.8, 4) is 5.75 Å². The van der Waals surface area contributed by atoms with E-state index in [9.17, 15) is 18.7 Å². The normalized spacial score (nSPS) is 20.8. The molecule has 2 N–H and O–H groups in total. The van der Waals surface area contributed by atoms with Gasteiger partial charge in [0.05, 0.1) is 23.9 Å². The number of aliphatic hydroxyl groups excluding tert-OH is 1. The van der Waals surface area contributed by atoms with Crippen LogP contribution in [-0.2, 0) is 7.05 Å². The van der Waals surface area contributed by atoms with Crippen molar-refractivity contribution in [2.24, 2.45) is 13.0 Å². The molecule has 1 unspecified atom stereocenters. The number of hydrogen-bond donors (Lipinski definition) is 2. The zero-order valence-electron chi connectivity index (χ0n) is 13.6. The fraction of sp³-hybridized carbons (Fsp3) is 0.412. The second-order valence-corrected chi connectivity index (χ2v) is 6.16. The van der Waals surface area contributed by atoms with Crippen LogP contribution in [0.3, 0.4) is 0 Å². The fourth-order valence-corrected chi connectivity index (χ4v) is 3.05. The van der Waals surface area contributed by atoms with Gasteiger partial charge in [0.1, 0.15) is 5.75 Å². The van der Waals surface area contributed by atoms with Crippen LogP contribution in [-0.4, -0.2) is 33.5 Å². The van der Waals surface area contributed by atoms with E-state index in [4.69, 9.17) is 0 Å². The number of benzene rings is 1. The number of amides is 1. The van der Waals surface area contributed by atoms with Gasteiger partial charge in [-0.2, -0.15) is 13.9 Å². The summed E-state index contributed by atoms with van der Waals surface area (Å²) >= 11 is 0. The van der Waals surface area contributed by atoms with Crippen molar-refractivity contribution in [1.82, 2.24) is 15.1 Å². The van der Waals surface area contributed by atoms with Crippen molar-refractivity contribution in [3.05, 3.63) is 47.8 Å². The number of carbonyl (C=O) groups is 1. The molecule has 1 saturated carbocycles. The molecule has 0 radical (unpaired) electrons. The van der Waals surface area contributed by atoms with Gasteiger partial charge in [0.15, 0.2) is 0 Å². The first kappa shape index (κ1) is 17.3. The van der Waals surface area contributed by atoms with Crippen molar-refractivity contribution in [1.29, 1.82) is 0 Å². The third-order valence-electron chi connectivity index (χ3n) is 4.34. The van der Waals surface area contributed by atoms with Gasteiger partial charge in [-0.25, -0.2) is 0 Å². The number of hydrogen-bond acceptors (Lipinski definition) is 4. The molecule has 1 aromatic heterocycles. The minimum atomic E-state index is -3.01. The largest absolute Gasteiger partial charge is 0.434 e. The summed E-state index contributed by atoms with van der Waals surface area (Å²) in [5, 5.41) is 16.6. The second-order valence-electron chi connectivity index (χ2n) is 6.16. The number of nitrogens with zero attached hydrogens (tertiary/aromatic N) is 2. The number of para-hydroxylation sites is 1. The molecule has 1 atom stereocenters. The van der Waals surface area contributed by atoms with E-state index in [-0.39, 0.29) is 29.4 Å². The predicted molar refractivity (Wildman–Crippen MR) is 85.2 cm³/mol. The van der Waals surface area contributed by atoms with Crippen LogP contribution in [0.5, 0.6) is 5.75 Å². The summed E-state index contributed by atoms with van der Waals surface area (Å²) in [6.07, 6.45) is 4.19. The first-order valence-corrected chi connectivity index (χ1v) is 7.95. The van der Waals surface area contributed by atoms with Crippen LogP contribution in [0.25, 0.3) is 0 Å². The standard InChI is InChI=1S/C17H19F2N3O3/c1-22-9-11(8-20-22)15(10-6-12(23)7-10)21-16(24)13-4-2-3-5-14(13)25-17(18)19/h2-5,8-10,12,15,17,23H,6-7H2,1H3,(H,21,24). The Balaban J connectivity index is 1.81. The van der Waals surface area contributed by atoms with Gasteiger partial charge in [-0.05, 0) is 30.9 Å². The smallest absolute Gasteiger partial charge is 0.387 e. The van der Waals surface area contributed by atoms with Gasteiger partial charge in [-0.1, -0.05) is 12.1 Å². The van der Waals surface area contributed by atoms with E-state index in [0.29, 0.717) is 12.8 Å². The van der Waals surface area contributed by atoms with Crippen LogP contribution < -0.4 is 10.1 Å². The van der Waals surface area contributed by atoms with Crippen LogP contribution in [0, 0.1) is 5.92 Å². The SMILES string of the molecule is Cn1cc(C(NC(=O)c2ccccc2OC(F)F)C2CC(O)C2)cn1. The third kappa shape index (κ3) is 3.96. The number of alkyl halides is 2. The molecular weight excluding hydrogens is 332 g/mol. The summed E-state index contributed by atoms with van der Waals surface area (Å²) in [7, 11) is 1.77. The fourth-order valence-electron chi connectivity index (χ4n) is 3.05. The van der Waals surface area contributed by atoms with Gasteiger partial charge in [0.2, 0.25) is 0 Å². The molecule has 0 saturated heterocycles. The van der Waals surface area contributed by atoms with Crippen molar-refractivity contribution < 1.29 is 23.4 Å². The average molecular weight is 351 g/mol. The molecular formula is C17H19F2N3O3. The summed E-state index contributed by atoms with van der Waals surface area (Å²) in [4.78, 5) is 12.6. The zero-order valence-corrected chi connectivity index (χ0v) is 13.6. The maximum absolute atomic E-state index is 12.6. The van der Waals surface area contributed by atoms with E-state index in [0.717, 1.165) is 5.56 Å². The van der Waals surface area contributed by atoms with Crippen molar-refractivity contribution in [2.45, 2.75) is 31.6 Å². The van der Waals surface area contributed by atoms with Gasteiger partial charge in [-0.3, -0.25) is 9.48 Å². The van der Waals surface area contributed by atoms with Crippen LogP contribution in [0.15, 0.2) is 36.7 Å². The number of aryl methyl sites for hydroxylation is 1. The lowest BCUT2D eigenvalue weighted by Gasteiger charge is -2.37. The molecule has 0 aliphatic heterocycles. The van der Waals surface area contributed by atoms with Crippen molar-refractivity contribution >= 4 is 5.91 Å². The minimum Gasteiger partial charge on any atom is -0.434 e. The lowest BCUT2D eigenvalue weighted by Crippen LogP contribution is -2.41. The number of nitrogens with one attached hydrogen (secondary N) is 1. The van der Waals surface area contributed by atoms with Crippen molar-refractivity contribution in [2.75, 3.05) is 0 Å². The molecule has 1 fully saturated rings. The molecule has 2 aromatic rings. The molecule has 134 valence electrons. The second kappa shape index (κ2) is 7.18. The maximum atomic E-state index is 12.6. The quantitative estimate of drug-likeness (QED) is 0.837. The highest BCUT2D eigenvalue weighted by molar-refractivity contribution is 5.97. The zero-order chi connectivity index (χ0) is 18.0. The van der Waals surface area contributed by atoms with Crippen LogP contribution in [0.1, 0.15) is 34.8 Å². The number of ether oxygens (including phenoxy) is 1. The topological polar surface area (TPSA) is 76.4 Å². The lowest BCUT2D eigenvalue weighted by atomic mass is 9.75. The lowest BCUT2D eigenvalue weighted by molar-refractivity contribution is -0.0502. The highest BCUT2D eigenvalue weighted by Crippen LogP contribution is 2.38. The summed E-state index contributed by atoms with van der Waals surface area (Å²) in [6, 6.07) is 5.51.